The van der Waals surface area contributed by atoms with Gasteiger partial charge in [-0.3, -0.25) is 9.69 Å². The summed E-state index contributed by atoms with van der Waals surface area (Å²) in [5, 5.41) is 13.8. The zero-order valence-electron chi connectivity index (χ0n) is 24.0. The van der Waals surface area contributed by atoms with Crippen molar-refractivity contribution in [2.45, 2.75) is 67.7 Å². The molecule has 1 saturated heterocycles. The van der Waals surface area contributed by atoms with Crippen molar-refractivity contribution in [3.05, 3.63) is 93.0 Å². The summed E-state index contributed by atoms with van der Waals surface area (Å²) in [5.74, 6) is 1.42. The van der Waals surface area contributed by atoms with Gasteiger partial charge in [-0.05, 0) is 73.5 Å². The lowest BCUT2D eigenvalue weighted by molar-refractivity contribution is -0.199. The summed E-state index contributed by atoms with van der Waals surface area (Å²) >= 11 is 12.3. The van der Waals surface area contributed by atoms with Crippen LogP contribution in [0, 0.1) is 0 Å². The molecule has 2 heterocycles. The second kappa shape index (κ2) is 10.4. The molecule has 220 valence electrons. The summed E-state index contributed by atoms with van der Waals surface area (Å²) in [4.78, 5) is 18.0. The first-order chi connectivity index (χ1) is 20.3. The van der Waals surface area contributed by atoms with Crippen LogP contribution in [0.2, 0.25) is 10.0 Å². The molecule has 1 N–H and O–H groups in total. The van der Waals surface area contributed by atoms with Crippen LogP contribution < -0.4 is 9.47 Å². The van der Waals surface area contributed by atoms with Gasteiger partial charge in [-0.1, -0.05) is 65.7 Å². The van der Waals surface area contributed by atoms with E-state index in [-0.39, 0.29) is 30.5 Å². The standard InChI is InChI=1S/C34H36Cl2N2O4/c1-37(29(39)19-22-8-10-24(35)25(36)18-22)26-12-14-34(40)28-20-23-9-11-27(41-2)31-30(23)33(34,32(26)42-31)15-17-38(28)16-13-21-6-4-3-5-7-21/h3-11,18,26,28,32,40H,12-17,19-20H2,1-2H3/t26-,28-,32+,33+,34-/m1/s1. The average Bonchev–Trinajstić information content (AvgIpc) is 3.34. The van der Waals surface area contributed by atoms with Gasteiger partial charge in [0.1, 0.15) is 6.10 Å². The maximum absolute atomic E-state index is 13.7. The van der Waals surface area contributed by atoms with Gasteiger partial charge >= 0.3 is 0 Å². The predicted molar refractivity (Wildman–Crippen MR) is 164 cm³/mol. The average molecular weight is 608 g/mol. The molecular weight excluding hydrogens is 571 g/mol. The summed E-state index contributed by atoms with van der Waals surface area (Å²) in [5.41, 5.74) is 2.86. The number of nitrogens with zero attached hydrogens (tertiary/aromatic N) is 2. The number of likely N-dealkylation sites (N-methyl/N-ethyl adjacent to an activating group) is 1. The number of halogens is 2. The van der Waals surface area contributed by atoms with E-state index in [9.17, 15) is 9.90 Å². The highest BCUT2D eigenvalue weighted by Gasteiger charge is 2.73. The molecule has 0 radical (unpaired) electrons. The molecule has 3 aromatic rings. The maximum atomic E-state index is 13.7. The van der Waals surface area contributed by atoms with Crippen LogP contribution in [0.25, 0.3) is 0 Å². The molecule has 2 aliphatic carbocycles. The maximum Gasteiger partial charge on any atom is 0.227 e. The number of hydrogen-bond acceptors (Lipinski definition) is 5. The van der Waals surface area contributed by atoms with Crippen LogP contribution in [0.3, 0.4) is 0 Å². The van der Waals surface area contributed by atoms with E-state index in [1.807, 2.05) is 30.1 Å². The summed E-state index contributed by atoms with van der Waals surface area (Å²) in [6, 6.07) is 19.8. The first-order valence-corrected chi connectivity index (χ1v) is 15.6. The van der Waals surface area contributed by atoms with Crippen molar-refractivity contribution in [3.63, 3.8) is 0 Å². The van der Waals surface area contributed by atoms with Crippen LogP contribution in [-0.2, 0) is 29.5 Å². The second-order valence-corrected chi connectivity index (χ2v) is 13.2. The Labute approximate surface area is 257 Å². The van der Waals surface area contributed by atoms with Crippen molar-refractivity contribution in [2.24, 2.45) is 0 Å². The number of ether oxygens (including phenoxy) is 2. The zero-order valence-corrected chi connectivity index (χ0v) is 25.5. The molecule has 2 fully saturated rings. The van der Waals surface area contributed by atoms with Crippen LogP contribution in [0.15, 0.2) is 60.7 Å². The van der Waals surface area contributed by atoms with Crippen LogP contribution in [-0.4, -0.2) is 71.8 Å². The number of hydrogen-bond donors (Lipinski definition) is 1. The highest BCUT2D eigenvalue weighted by molar-refractivity contribution is 6.42. The normalized spacial score (nSPS) is 29.0. The molecule has 6 nitrogen and oxygen atoms in total. The van der Waals surface area contributed by atoms with Gasteiger partial charge < -0.3 is 19.5 Å². The van der Waals surface area contributed by atoms with Gasteiger partial charge in [-0.25, -0.2) is 0 Å². The van der Waals surface area contributed by atoms with E-state index < -0.39 is 11.0 Å². The van der Waals surface area contributed by atoms with Gasteiger partial charge in [-0.15, -0.1) is 0 Å². The topological polar surface area (TPSA) is 62.2 Å². The first-order valence-electron chi connectivity index (χ1n) is 14.8. The third-order valence-electron chi connectivity index (χ3n) is 10.5. The molecule has 1 spiro atoms. The van der Waals surface area contributed by atoms with Gasteiger partial charge in [0.2, 0.25) is 5.91 Å². The molecule has 0 unspecified atom stereocenters. The second-order valence-electron chi connectivity index (χ2n) is 12.3. The number of methoxy groups -OCH3 is 1. The molecule has 0 aromatic heterocycles. The lowest BCUT2D eigenvalue weighted by atomic mass is 9.48. The molecule has 8 heteroatoms. The van der Waals surface area contributed by atoms with Gasteiger partial charge in [0.15, 0.2) is 11.5 Å². The fourth-order valence-electron chi connectivity index (χ4n) is 8.47. The highest BCUT2D eigenvalue weighted by Crippen LogP contribution is 2.65. The van der Waals surface area contributed by atoms with Crippen molar-refractivity contribution in [2.75, 3.05) is 27.2 Å². The molecule has 1 amide bonds. The summed E-state index contributed by atoms with van der Waals surface area (Å²) in [6.07, 6.45) is 3.57. The van der Waals surface area contributed by atoms with E-state index in [1.54, 1.807) is 19.2 Å². The van der Waals surface area contributed by atoms with Crippen molar-refractivity contribution in [3.8, 4) is 11.5 Å². The molecule has 2 aliphatic heterocycles. The SMILES string of the molecule is COc1ccc2c3c1O[C@H]1[C@H](N(C)C(=O)Cc4ccc(Cl)c(Cl)c4)CC[C@@]4(O)[C@@H](C2)N(CCc2ccccc2)CC[C@]314. The Morgan fingerprint density at radius 2 is 1.90 bits per heavy atom. The molecule has 4 aliphatic rings. The number of amides is 1. The third kappa shape index (κ3) is 4.10. The Morgan fingerprint density at radius 3 is 2.67 bits per heavy atom. The lowest BCUT2D eigenvalue weighted by Crippen LogP contribution is -2.78. The molecule has 42 heavy (non-hydrogen) atoms. The summed E-state index contributed by atoms with van der Waals surface area (Å²) in [7, 11) is 3.53. The van der Waals surface area contributed by atoms with Gasteiger partial charge in [-0.2, -0.15) is 0 Å². The third-order valence-corrected chi connectivity index (χ3v) is 11.2. The van der Waals surface area contributed by atoms with Crippen molar-refractivity contribution >= 4 is 29.1 Å². The Balaban J connectivity index is 1.23. The van der Waals surface area contributed by atoms with E-state index in [0.29, 0.717) is 28.6 Å². The minimum absolute atomic E-state index is 0.0142. The van der Waals surface area contributed by atoms with E-state index in [2.05, 4.69) is 35.2 Å². The van der Waals surface area contributed by atoms with Crippen molar-refractivity contribution < 1.29 is 19.4 Å². The Bertz CT molecular complexity index is 1530. The van der Waals surface area contributed by atoms with Crippen molar-refractivity contribution in [1.29, 1.82) is 0 Å². The molecule has 1 saturated carbocycles. The highest BCUT2D eigenvalue weighted by atomic mass is 35.5. The van der Waals surface area contributed by atoms with Crippen LogP contribution in [0.5, 0.6) is 11.5 Å². The Morgan fingerprint density at radius 1 is 1.10 bits per heavy atom. The van der Waals surface area contributed by atoms with Gasteiger partial charge in [0.05, 0.1) is 40.6 Å². The fourth-order valence-corrected chi connectivity index (χ4v) is 8.79. The molecule has 3 aromatic carbocycles. The molecule has 7 rings (SSSR count). The first kappa shape index (κ1) is 28.0. The minimum atomic E-state index is -0.971. The van der Waals surface area contributed by atoms with Gasteiger partial charge in [0, 0.05) is 25.2 Å². The van der Waals surface area contributed by atoms with E-state index in [4.69, 9.17) is 32.7 Å². The van der Waals surface area contributed by atoms with Crippen molar-refractivity contribution in [1.82, 2.24) is 9.80 Å². The number of carbonyl (C=O) groups excluding carboxylic acids is 1. The Kier molecular flexibility index (Phi) is 6.97. The fraction of sp³-hybridized carbons (Fsp3) is 0.441. The number of piperidine rings is 1. The van der Waals surface area contributed by atoms with E-state index >= 15 is 0 Å². The number of benzene rings is 3. The largest absolute Gasteiger partial charge is 0.493 e. The monoisotopic (exact) mass is 606 g/mol. The molecule has 5 atom stereocenters. The zero-order chi connectivity index (χ0) is 29.2. The molecular formula is C34H36Cl2N2O4. The number of aliphatic hydroxyl groups is 1. The number of rotatable bonds is 7. The quantitative estimate of drug-likeness (QED) is 0.386. The lowest BCUT2D eigenvalue weighted by Gasteiger charge is -2.64. The minimum Gasteiger partial charge on any atom is -0.493 e. The van der Waals surface area contributed by atoms with Crippen LogP contribution >= 0.6 is 23.2 Å². The molecule has 2 bridgehead atoms. The van der Waals surface area contributed by atoms with E-state index in [1.165, 1.54) is 11.1 Å². The van der Waals surface area contributed by atoms with Gasteiger partial charge in [0.25, 0.3) is 0 Å². The number of carbonyl (C=O) groups is 1. The van der Waals surface area contributed by atoms with Crippen LogP contribution in [0.1, 0.15) is 41.5 Å². The Hall–Kier alpha value is -2.77. The van der Waals surface area contributed by atoms with E-state index in [0.717, 1.165) is 49.2 Å². The summed E-state index contributed by atoms with van der Waals surface area (Å²) < 4.78 is 12.6. The number of likely N-dealkylation sites (tertiary alicyclic amines) is 1. The smallest absolute Gasteiger partial charge is 0.227 e. The predicted octanol–water partition coefficient (Wildman–Crippen LogP) is 5.47. The van der Waals surface area contributed by atoms with Crippen LogP contribution in [0.4, 0.5) is 0 Å². The summed E-state index contributed by atoms with van der Waals surface area (Å²) in [6.45, 7) is 1.76.